The average Bonchev–Trinajstić information content (AvgIpc) is 2.54. The first-order chi connectivity index (χ1) is 8.58. The lowest BCUT2D eigenvalue weighted by Crippen LogP contribution is -2.31. The van der Waals surface area contributed by atoms with E-state index in [1.165, 1.54) is 12.3 Å². The summed E-state index contributed by atoms with van der Waals surface area (Å²) in [5.41, 5.74) is 5.87. The summed E-state index contributed by atoms with van der Waals surface area (Å²) in [6.45, 7) is 4.22. The monoisotopic (exact) mass is 251 g/mol. The second-order valence-electron chi connectivity index (χ2n) is 4.42. The molecule has 3 N–H and O–H groups in total. The standard InChI is InChI=1S/C12H17N3O3/c1-8-7-15(3-2-4-18-8)11-5-9(12(16)17)10(13)6-14-11/h5-6,8H,2-4,7,13H2,1H3,(H,16,17). The summed E-state index contributed by atoms with van der Waals surface area (Å²) < 4.78 is 5.55. The van der Waals surface area contributed by atoms with Gasteiger partial charge in [-0.1, -0.05) is 0 Å². The van der Waals surface area contributed by atoms with Crippen LogP contribution in [-0.4, -0.2) is 41.9 Å². The molecule has 0 aliphatic carbocycles. The molecule has 0 amide bonds. The van der Waals surface area contributed by atoms with Gasteiger partial charge in [0.1, 0.15) is 5.82 Å². The Bertz CT molecular complexity index is 450. The van der Waals surface area contributed by atoms with Gasteiger partial charge in [0.05, 0.1) is 23.6 Å². The number of nitrogen functional groups attached to an aromatic ring is 1. The molecule has 0 aromatic carbocycles. The molecule has 1 atom stereocenters. The summed E-state index contributed by atoms with van der Waals surface area (Å²) >= 11 is 0. The van der Waals surface area contributed by atoms with E-state index >= 15 is 0 Å². The van der Waals surface area contributed by atoms with Crippen molar-refractivity contribution in [2.45, 2.75) is 19.4 Å². The van der Waals surface area contributed by atoms with Crippen LogP contribution in [-0.2, 0) is 4.74 Å². The Morgan fingerprint density at radius 1 is 1.67 bits per heavy atom. The van der Waals surface area contributed by atoms with Gasteiger partial charge in [-0.3, -0.25) is 0 Å². The van der Waals surface area contributed by atoms with Gasteiger partial charge in [0.25, 0.3) is 0 Å². The number of rotatable bonds is 2. The Hall–Kier alpha value is -1.82. The Balaban J connectivity index is 2.26. The zero-order chi connectivity index (χ0) is 13.1. The van der Waals surface area contributed by atoms with Crippen molar-refractivity contribution < 1.29 is 14.6 Å². The summed E-state index contributed by atoms with van der Waals surface area (Å²) in [5, 5.41) is 9.05. The van der Waals surface area contributed by atoms with Gasteiger partial charge >= 0.3 is 5.97 Å². The minimum atomic E-state index is -1.03. The third-order valence-corrected chi connectivity index (χ3v) is 2.93. The maximum atomic E-state index is 11.0. The second kappa shape index (κ2) is 5.22. The third kappa shape index (κ3) is 2.70. The molecule has 1 unspecified atom stereocenters. The molecule has 6 heteroatoms. The molecule has 18 heavy (non-hydrogen) atoms. The number of hydrogen-bond donors (Lipinski definition) is 2. The van der Waals surface area contributed by atoms with Crippen molar-refractivity contribution >= 4 is 17.5 Å². The molecule has 0 saturated carbocycles. The van der Waals surface area contributed by atoms with Gasteiger partial charge in [-0.25, -0.2) is 9.78 Å². The smallest absolute Gasteiger partial charge is 0.337 e. The van der Waals surface area contributed by atoms with Crippen LogP contribution in [0.5, 0.6) is 0 Å². The number of nitrogens with two attached hydrogens (primary N) is 1. The van der Waals surface area contributed by atoms with Gasteiger partial charge < -0.3 is 20.5 Å². The summed E-state index contributed by atoms with van der Waals surface area (Å²) in [5.74, 6) is -0.394. The number of aromatic nitrogens is 1. The first kappa shape index (κ1) is 12.6. The quantitative estimate of drug-likeness (QED) is 0.814. The molecule has 1 aromatic rings. The number of carboxylic acids is 1. The van der Waals surface area contributed by atoms with Gasteiger partial charge in [-0.05, 0) is 19.4 Å². The van der Waals surface area contributed by atoms with E-state index in [4.69, 9.17) is 15.6 Å². The minimum Gasteiger partial charge on any atom is -0.478 e. The lowest BCUT2D eigenvalue weighted by atomic mass is 10.2. The van der Waals surface area contributed by atoms with Gasteiger partial charge in [0.2, 0.25) is 0 Å². The summed E-state index contributed by atoms with van der Waals surface area (Å²) in [6, 6.07) is 1.52. The predicted octanol–water partition coefficient (Wildman–Crippen LogP) is 0.977. The van der Waals surface area contributed by atoms with Crippen molar-refractivity contribution in [3.8, 4) is 0 Å². The number of ether oxygens (including phenoxy) is 1. The molecule has 1 aliphatic rings. The van der Waals surface area contributed by atoms with Gasteiger partial charge in [0, 0.05) is 19.7 Å². The zero-order valence-electron chi connectivity index (χ0n) is 10.3. The maximum Gasteiger partial charge on any atom is 0.337 e. The van der Waals surface area contributed by atoms with Crippen LogP contribution in [0.2, 0.25) is 0 Å². The van der Waals surface area contributed by atoms with Crippen LogP contribution in [0.3, 0.4) is 0 Å². The van der Waals surface area contributed by atoms with Crippen molar-refractivity contribution in [1.29, 1.82) is 0 Å². The van der Waals surface area contributed by atoms with E-state index in [1.807, 2.05) is 11.8 Å². The summed E-state index contributed by atoms with van der Waals surface area (Å²) in [6.07, 6.45) is 2.41. The Kier molecular flexibility index (Phi) is 3.66. The van der Waals surface area contributed by atoms with Crippen molar-refractivity contribution in [1.82, 2.24) is 4.98 Å². The van der Waals surface area contributed by atoms with E-state index < -0.39 is 5.97 Å². The van der Waals surface area contributed by atoms with Gasteiger partial charge in [0.15, 0.2) is 0 Å². The van der Waals surface area contributed by atoms with Gasteiger partial charge in [-0.2, -0.15) is 0 Å². The van der Waals surface area contributed by atoms with E-state index in [1.54, 1.807) is 0 Å². The Morgan fingerprint density at radius 2 is 2.44 bits per heavy atom. The normalized spacial score (nSPS) is 20.5. The summed E-state index contributed by atoms with van der Waals surface area (Å²) in [4.78, 5) is 17.3. The highest BCUT2D eigenvalue weighted by Crippen LogP contribution is 2.20. The molecule has 1 aromatic heterocycles. The van der Waals surface area contributed by atoms with E-state index in [9.17, 15) is 4.79 Å². The van der Waals surface area contributed by atoms with Gasteiger partial charge in [-0.15, -0.1) is 0 Å². The van der Waals surface area contributed by atoms with Crippen LogP contribution in [0.1, 0.15) is 23.7 Å². The highest BCUT2D eigenvalue weighted by molar-refractivity contribution is 5.94. The van der Waals surface area contributed by atoms with E-state index in [0.29, 0.717) is 12.4 Å². The lowest BCUT2D eigenvalue weighted by Gasteiger charge is -2.23. The van der Waals surface area contributed by atoms with Crippen LogP contribution >= 0.6 is 0 Å². The summed E-state index contributed by atoms with van der Waals surface area (Å²) in [7, 11) is 0. The minimum absolute atomic E-state index is 0.0952. The Morgan fingerprint density at radius 3 is 3.17 bits per heavy atom. The average molecular weight is 251 g/mol. The molecule has 0 radical (unpaired) electrons. The van der Waals surface area contributed by atoms with Crippen LogP contribution < -0.4 is 10.6 Å². The van der Waals surface area contributed by atoms with Crippen molar-refractivity contribution in [2.24, 2.45) is 0 Å². The fourth-order valence-corrected chi connectivity index (χ4v) is 2.02. The van der Waals surface area contributed by atoms with Crippen molar-refractivity contribution in [2.75, 3.05) is 30.3 Å². The molecule has 2 heterocycles. The number of hydrogen-bond acceptors (Lipinski definition) is 5. The molecule has 6 nitrogen and oxygen atoms in total. The van der Waals surface area contributed by atoms with Crippen LogP contribution in [0.25, 0.3) is 0 Å². The number of pyridine rings is 1. The van der Waals surface area contributed by atoms with E-state index in [-0.39, 0.29) is 17.4 Å². The number of nitrogens with zero attached hydrogens (tertiary/aromatic N) is 2. The van der Waals surface area contributed by atoms with Crippen molar-refractivity contribution in [3.63, 3.8) is 0 Å². The SMILES string of the molecule is CC1CN(c2cc(C(=O)O)c(N)cn2)CCCO1. The molecular formula is C12H17N3O3. The molecule has 1 fully saturated rings. The highest BCUT2D eigenvalue weighted by Gasteiger charge is 2.18. The highest BCUT2D eigenvalue weighted by atomic mass is 16.5. The number of carboxylic acid groups (broad SMARTS) is 1. The lowest BCUT2D eigenvalue weighted by molar-refractivity contribution is 0.0698. The van der Waals surface area contributed by atoms with Crippen molar-refractivity contribution in [3.05, 3.63) is 17.8 Å². The van der Waals surface area contributed by atoms with Crippen LogP contribution in [0, 0.1) is 0 Å². The third-order valence-electron chi connectivity index (χ3n) is 2.93. The molecule has 98 valence electrons. The molecular weight excluding hydrogens is 234 g/mol. The van der Waals surface area contributed by atoms with Crippen LogP contribution in [0.4, 0.5) is 11.5 Å². The number of anilines is 2. The zero-order valence-corrected chi connectivity index (χ0v) is 10.3. The van der Waals surface area contributed by atoms with Crippen LogP contribution in [0.15, 0.2) is 12.3 Å². The topological polar surface area (TPSA) is 88.7 Å². The molecule has 1 saturated heterocycles. The maximum absolute atomic E-state index is 11.0. The first-order valence-corrected chi connectivity index (χ1v) is 5.93. The molecule has 0 spiro atoms. The molecule has 1 aliphatic heterocycles. The number of carbonyl (C=O) groups is 1. The largest absolute Gasteiger partial charge is 0.478 e. The van der Waals surface area contributed by atoms with E-state index in [2.05, 4.69) is 4.98 Å². The molecule has 0 bridgehead atoms. The fraction of sp³-hybridized carbons (Fsp3) is 0.500. The second-order valence-corrected chi connectivity index (χ2v) is 4.42. The fourth-order valence-electron chi connectivity index (χ4n) is 2.02. The predicted molar refractivity (Wildman–Crippen MR) is 67.9 cm³/mol. The van der Waals surface area contributed by atoms with E-state index in [0.717, 1.165) is 19.6 Å². The number of aromatic carboxylic acids is 1. The Labute approximate surface area is 105 Å². The first-order valence-electron chi connectivity index (χ1n) is 5.93. The molecule has 2 rings (SSSR count).